The van der Waals surface area contributed by atoms with Crippen molar-refractivity contribution in [2.24, 2.45) is 11.7 Å². The average molecular weight is 396 g/mol. The number of hydrogen-bond donors (Lipinski definition) is 2. The Morgan fingerprint density at radius 2 is 2.22 bits per heavy atom. The number of carbonyl (C=O) groups excluding carboxylic acids is 2. The van der Waals surface area contributed by atoms with E-state index >= 15 is 0 Å². The van der Waals surface area contributed by atoms with Crippen molar-refractivity contribution in [1.82, 2.24) is 10.2 Å². The SMILES string of the molecule is COc1cccc2c1OCC(C(=O)N1CCCC(C(=O)NCCN)C1)=C2.Cl. The van der Waals surface area contributed by atoms with E-state index in [-0.39, 0.29) is 36.7 Å². The van der Waals surface area contributed by atoms with Crippen molar-refractivity contribution in [3.05, 3.63) is 29.3 Å². The first-order valence-corrected chi connectivity index (χ1v) is 8.91. The molecule has 148 valence electrons. The molecule has 0 aliphatic carbocycles. The lowest BCUT2D eigenvalue weighted by Crippen LogP contribution is -2.47. The number of carbonyl (C=O) groups is 2. The van der Waals surface area contributed by atoms with Crippen LogP contribution in [0.1, 0.15) is 18.4 Å². The number of fused-ring (bicyclic) bond motifs is 1. The van der Waals surface area contributed by atoms with Crippen LogP contribution in [0.2, 0.25) is 0 Å². The van der Waals surface area contributed by atoms with Crippen LogP contribution in [0.15, 0.2) is 23.8 Å². The molecule has 0 aromatic heterocycles. The standard InChI is InChI=1S/C19H25N3O4.ClH/c1-25-16-6-2-4-13-10-15(12-26-17(13)16)19(24)22-9-3-5-14(11-22)18(23)21-8-7-20;/h2,4,6,10,14H,3,5,7-9,11-12,20H2,1H3,(H,21,23);1H. The van der Waals surface area contributed by atoms with Crippen LogP contribution in [0.25, 0.3) is 6.08 Å². The summed E-state index contributed by atoms with van der Waals surface area (Å²) in [5.41, 5.74) is 6.85. The zero-order chi connectivity index (χ0) is 18.5. The summed E-state index contributed by atoms with van der Waals surface area (Å²) >= 11 is 0. The largest absolute Gasteiger partial charge is 0.493 e. The van der Waals surface area contributed by atoms with Gasteiger partial charge < -0.3 is 25.4 Å². The summed E-state index contributed by atoms with van der Waals surface area (Å²) in [7, 11) is 1.59. The van der Waals surface area contributed by atoms with Gasteiger partial charge in [0.15, 0.2) is 11.5 Å². The molecule has 2 amide bonds. The van der Waals surface area contributed by atoms with Crippen molar-refractivity contribution in [2.45, 2.75) is 12.8 Å². The Hall–Kier alpha value is -2.25. The molecule has 0 bridgehead atoms. The van der Waals surface area contributed by atoms with E-state index in [9.17, 15) is 9.59 Å². The fourth-order valence-corrected chi connectivity index (χ4v) is 3.38. The van der Waals surface area contributed by atoms with Crippen LogP contribution in [-0.2, 0) is 9.59 Å². The third-order valence-corrected chi connectivity index (χ3v) is 4.73. The molecule has 1 aromatic carbocycles. The summed E-state index contributed by atoms with van der Waals surface area (Å²) in [6.07, 6.45) is 3.45. The van der Waals surface area contributed by atoms with E-state index < -0.39 is 0 Å². The quantitative estimate of drug-likeness (QED) is 0.781. The van der Waals surface area contributed by atoms with E-state index in [4.69, 9.17) is 15.2 Å². The van der Waals surface area contributed by atoms with Gasteiger partial charge in [-0.3, -0.25) is 9.59 Å². The zero-order valence-electron chi connectivity index (χ0n) is 15.4. The van der Waals surface area contributed by atoms with Crippen molar-refractivity contribution >= 4 is 30.3 Å². The maximum Gasteiger partial charge on any atom is 0.253 e. The van der Waals surface area contributed by atoms with Gasteiger partial charge in [-0.25, -0.2) is 0 Å². The topological polar surface area (TPSA) is 93.9 Å². The summed E-state index contributed by atoms with van der Waals surface area (Å²) in [6.45, 7) is 2.15. The lowest BCUT2D eigenvalue weighted by Gasteiger charge is -2.33. The Kier molecular flexibility index (Phi) is 7.50. The van der Waals surface area contributed by atoms with Crippen molar-refractivity contribution in [1.29, 1.82) is 0 Å². The van der Waals surface area contributed by atoms with Gasteiger partial charge in [-0.2, -0.15) is 0 Å². The maximum absolute atomic E-state index is 12.9. The highest BCUT2D eigenvalue weighted by atomic mass is 35.5. The second-order valence-electron chi connectivity index (χ2n) is 6.51. The number of nitrogens with two attached hydrogens (primary N) is 1. The van der Waals surface area contributed by atoms with Crippen LogP contribution in [0.3, 0.4) is 0 Å². The van der Waals surface area contributed by atoms with Crippen LogP contribution < -0.4 is 20.5 Å². The number of benzene rings is 1. The van der Waals surface area contributed by atoms with E-state index in [0.29, 0.717) is 43.3 Å². The molecule has 0 radical (unpaired) electrons. The Morgan fingerprint density at radius 1 is 1.41 bits per heavy atom. The van der Waals surface area contributed by atoms with Crippen molar-refractivity contribution in [3.8, 4) is 11.5 Å². The Balaban J connectivity index is 0.00000261. The number of halogens is 1. The first-order valence-electron chi connectivity index (χ1n) is 8.91. The molecule has 1 aromatic rings. The minimum absolute atomic E-state index is 0. The number of likely N-dealkylation sites (tertiary alicyclic amines) is 1. The van der Waals surface area contributed by atoms with Gasteiger partial charge >= 0.3 is 0 Å². The number of rotatable bonds is 5. The van der Waals surface area contributed by atoms with Gasteiger partial charge in [0.1, 0.15) is 6.61 Å². The first kappa shape index (κ1) is 21.1. The number of methoxy groups -OCH3 is 1. The van der Waals surface area contributed by atoms with Gasteiger partial charge in [0.05, 0.1) is 18.6 Å². The van der Waals surface area contributed by atoms with Gasteiger partial charge in [0.25, 0.3) is 5.91 Å². The molecule has 0 spiro atoms. The minimum Gasteiger partial charge on any atom is -0.493 e. The van der Waals surface area contributed by atoms with E-state index in [0.717, 1.165) is 18.4 Å². The minimum atomic E-state index is -0.184. The monoisotopic (exact) mass is 395 g/mol. The van der Waals surface area contributed by atoms with Gasteiger partial charge in [-0.1, -0.05) is 12.1 Å². The molecule has 1 unspecified atom stereocenters. The fraction of sp³-hybridized carbons (Fsp3) is 0.474. The van der Waals surface area contributed by atoms with Gasteiger partial charge in [0, 0.05) is 31.7 Å². The van der Waals surface area contributed by atoms with Crippen molar-refractivity contribution in [3.63, 3.8) is 0 Å². The molecule has 2 aliphatic heterocycles. The third-order valence-electron chi connectivity index (χ3n) is 4.73. The second kappa shape index (κ2) is 9.62. The number of hydrogen-bond acceptors (Lipinski definition) is 5. The number of nitrogens with one attached hydrogen (secondary N) is 1. The highest BCUT2D eigenvalue weighted by Gasteiger charge is 2.31. The average Bonchev–Trinajstić information content (AvgIpc) is 2.70. The molecule has 0 saturated carbocycles. The molecule has 2 aliphatic rings. The van der Waals surface area contributed by atoms with Crippen LogP contribution >= 0.6 is 12.4 Å². The molecule has 27 heavy (non-hydrogen) atoms. The molecule has 8 heteroatoms. The second-order valence-corrected chi connectivity index (χ2v) is 6.51. The van der Waals surface area contributed by atoms with Crippen molar-refractivity contribution < 1.29 is 19.1 Å². The smallest absolute Gasteiger partial charge is 0.253 e. The molecular formula is C19H26ClN3O4. The summed E-state index contributed by atoms with van der Waals surface area (Å²) in [6, 6.07) is 5.59. The summed E-state index contributed by atoms with van der Waals surface area (Å²) in [5, 5.41) is 2.81. The number of amides is 2. The normalized spacial score (nSPS) is 18.4. The fourth-order valence-electron chi connectivity index (χ4n) is 3.38. The summed E-state index contributed by atoms with van der Waals surface area (Å²) in [4.78, 5) is 26.8. The Morgan fingerprint density at radius 3 is 2.96 bits per heavy atom. The highest BCUT2D eigenvalue weighted by molar-refractivity contribution is 5.99. The van der Waals surface area contributed by atoms with E-state index in [2.05, 4.69) is 5.32 Å². The molecule has 7 nitrogen and oxygen atoms in total. The third kappa shape index (κ3) is 4.73. The maximum atomic E-state index is 12.9. The molecule has 3 N–H and O–H groups in total. The van der Waals surface area contributed by atoms with Gasteiger partial charge in [-0.15, -0.1) is 12.4 Å². The predicted octanol–water partition coefficient (Wildman–Crippen LogP) is 1.21. The molecule has 3 rings (SSSR count). The highest BCUT2D eigenvalue weighted by Crippen LogP contribution is 2.36. The molecule has 1 saturated heterocycles. The van der Waals surface area contributed by atoms with Crippen LogP contribution in [-0.4, -0.2) is 56.6 Å². The zero-order valence-corrected chi connectivity index (χ0v) is 16.2. The Labute approximate surface area is 165 Å². The number of ether oxygens (including phenoxy) is 2. The summed E-state index contributed by atoms with van der Waals surface area (Å²) in [5.74, 6) is 1.02. The summed E-state index contributed by atoms with van der Waals surface area (Å²) < 4.78 is 11.1. The molecule has 1 fully saturated rings. The number of para-hydroxylation sites is 1. The molecular weight excluding hydrogens is 370 g/mol. The van der Waals surface area contributed by atoms with Crippen molar-refractivity contribution in [2.75, 3.05) is 39.9 Å². The van der Waals surface area contributed by atoms with Gasteiger partial charge in [0.2, 0.25) is 5.91 Å². The van der Waals surface area contributed by atoms with Crippen LogP contribution in [0.4, 0.5) is 0 Å². The first-order chi connectivity index (χ1) is 12.6. The number of piperidine rings is 1. The predicted molar refractivity (Wildman–Crippen MR) is 105 cm³/mol. The lowest BCUT2D eigenvalue weighted by molar-refractivity contribution is -0.133. The van der Waals surface area contributed by atoms with E-state index in [1.54, 1.807) is 12.0 Å². The Bertz CT molecular complexity index is 723. The van der Waals surface area contributed by atoms with E-state index in [1.807, 2.05) is 24.3 Å². The number of nitrogens with zero attached hydrogens (tertiary/aromatic N) is 1. The van der Waals surface area contributed by atoms with Crippen LogP contribution in [0, 0.1) is 5.92 Å². The lowest BCUT2D eigenvalue weighted by atomic mass is 9.96. The van der Waals surface area contributed by atoms with E-state index in [1.165, 1.54) is 0 Å². The van der Waals surface area contributed by atoms with Crippen LogP contribution in [0.5, 0.6) is 11.5 Å². The molecule has 1 atom stereocenters. The van der Waals surface area contributed by atoms with Gasteiger partial charge in [-0.05, 0) is 25.0 Å². The molecule has 2 heterocycles.